The summed E-state index contributed by atoms with van der Waals surface area (Å²) in [6.45, 7) is 0.338. The van der Waals surface area contributed by atoms with E-state index in [2.05, 4.69) is 0 Å². The number of hydrogen-bond donors (Lipinski definition) is 1. The quantitative estimate of drug-likeness (QED) is 0.599. The van der Waals surface area contributed by atoms with E-state index in [1.54, 1.807) is 6.07 Å². The van der Waals surface area contributed by atoms with Crippen LogP contribution in [-0.4, -0.2) is 31.1 Å². The fourth-order valence-electron chi connectivity index (χ4n) is 1.28. The summed E-state index contributed by atoms with van der Waals surface area (Å²) in [5.41, 5.74) is 0.844. The van der Waals surface area contributed by atoms with Crippen LogP contribution in [0.1, 0.15) is 15.9 Å². The minimum absolute atomic E-state index is 0.0872. The number of aliphatic carboxylic acids is 1. The number of benzene rings is 1. The lowest BCUT2D eigenvalue weighted by Crippen LogP contribution is -2.13. The van der Waals surface area contributed by atoms with Gasteiger partial charge in [0.05, 0.1) is 13.7 Å². The molecule has 1 rings (SSSR count). The molecule has 0 aromatic heterocycles. The van der Waals surface area contributed by atoms with E-state index in [9.17, 15) is 9.59 Å². The summed E-state index contributed by atoms with van der Waals surface area (Å²) in [7, 11) is 2.99. The molecule has 0 unspecified atom stereocenters. The largest absolute Gasteiger partial charge is 0.496 e. The summed E-state index contributed by atoms with van der Waals surface area (Å²) in [6.07, 6.45) is 0. The molecule has 1 aromatic carbocycles. The average Bonchev–Trinajstić information content (AvgIpc) is 2.29. The van der Waals surface area contributed by atoms with E-state index in [0.717, 1.165) is 5.56 Å². The van der Waals surface area contributed by atoms with Crippen molar-refractivity contribution in [3.8, 4) is 5.75 Å². The molecule has 0 bridgehead atoms. The minimum Gasteiger partial charge on any atom is -0.496 e. The number of carboxylic acid groups (broad SMARTS) is 1. The normalized spacial score (nSPS) is 9.88. The molecule has 1 N–H and O–H groups in total. The van der Waals surface area contributed by atoms with Crippen molar-refractivity contribution in [2.45, 2.75) is 6.61 Å². The number of ether oxygens (including phenoxy) is 2. The summed E-state index contributed by atoms with van der Waals surface area (Å²) in [6, 6.07) is 4.44. The Hall–Kier alpha value is -1.88. The zero-order chi connectivity index (χ0) is 12.1. The zero-order valence-electron chi connectivity index (χ0n) is 9.02. The van der Waals surface area contributed by atoms with Gasteiger partial charge in [0.15, 0.2) is 0 Å². The highest BCUT2D eigenvalue weighted by molar-refractivity contribution is 6.39. The monoisotopic (exact) mass is 224 g/mol. The second-order valence-electron chi connectivity index (χ2n) is 3.09. The van der Waals surface area contributed by atoms with Crippen LogP contribution in [0.25, 0.3) is 0 Å². The zero-order valence-corrected chi connectivity index (χ0v) is 9.02. The van der Waals surface area contributed by atoms with Crippen molar-refractivity contribution in [3.63, 3.8) is 0 Å². The summed E-state index contributed by atoms with van der Waals surface area (Å²) < 4.78 is 9.98. The van der Waals surface area contributed by atoms with Gasteiger partial charge in [-0.3, -0.25) is 4.79 Å². The van der Waals surface area contributed by atoms with Crippen molar-refractivity contribution in [1.29, 1.82) is 0 Å². The maximum absolute atomic E-state index is 11.2. The molecule has 0 radical (unpaired) electrons. The van der Waals surface area contributed by atoms with E-state index in [0.29, 0.717) is 12.4 Å². The highest BCUT2D eigenvalue weighted by Gasteiger charge is 2.16. The molecule has 1 aromatic rings. The molecular formula is C11H12O5. The number of carbonyl (C=O) groups is 2. The molecule has 0 aliphatic rings. The van der Waals surface area contributed by atoms with E-state index in [1.165, 1.54) is 26.4 Å². The lowest BCUT2D eigenvalue weighted by atomic mass is 10.1. The SMILES string of the molecule is COCc1ccc(C(=O)C(=O)O)cc1OC. The first-order valence-electron chi connectivity index (χ1n) is 4.53. The van der Waals surface area contributed by atoms with Crippen molar-refractivity contribution in [1.82, 2.24) is 0 Å². The van der Waals surface area contributed by atoms with Gasteiger partial charge in [0, 0.05) is 18.2 Å². The molecule has 0 amide bonds. The van der Waals surface area contributed by atoms with Crippen LogP contribution in [0.15, 0.2) is 18.2 Å². The van der Waals surface area contributed by atoms with Gasteiger partial charge in [0.1, 0.15) is 5.75 Å². The van der Waals surface area contributed by atoms with Gasteiger partial charge >= 0.3 is 5.97 Å². The molecule has 0 heterocycles. The van der Waals surface area contributed by atoms with Crippen molar-refractivity contribution >= 4 is 11.8 Å². The number of methoxy groups -OCH3 is 2. The Labute approximate surface area is 92.6 Å². The van der Waals surface area contributed by atoms with Gasteiger partial charge in [-0.1, -0.05) is 12.1 Å². The number of Topliss-reactive ketones (excluding diaryl/α,β-unsaturated/α-hetero) is 1. The molecule has 0 spiro atoms. The van der Waals surface area contributed by atoms with Gasteiger partial charge in [-0.05, 0) is 6.07 Å². The molecule has 86 valence electrons. The molecule has 0 fully saturated rings. The standard InChI is InChI=1S/C11H12O5/c1-15-6-8-4-3-7(5-9(8)16-2)10(12)11(13)14/h3-5H,6H2,1-2H3,(H,13,14). The predicted molar refractivity (Wildman–Crippen MR) is 55.7 cm³/mol. The maximum atomic E-state index is 11.2. The van der Waals surface area contributed by atoms with Gasteiger partial charge in [-0.15, -0.1) is 0 Å². The summed E-state index contributed by atoms with van der Waals surface area (Å²) >= 11 is 0. The van der Waals surface area contributed by atoms with Crippen molar-refractivity contribution in [2.24, 2.45) is 0 Å². The smallest absolute Gasteiger partial charge is 0.377 e. The number of carbonyl (C=O) groups excluding carboxylic acids is 1. The van der Waals surface area contributed by atoms with Crippen molar-refractivity contribution < 1.29 is 24.2 Å². The number of hydrogen-bond acceptors (Lipinski definition) is 4. The first-order valence-corrected chi connectivity index (χ1v) is 4.53. The average molecular weight is 224 g/mol. The number of ketones is 1. The first-order chi connectivity index (χ1) is 7.60. The summed E-state index contributed by atoms with van der Waals surface area (Å²) in [5, 5.41) is 8.56. The van der Waals surface area contributed by atoms with Gasteiger partial charge in [-0.2, -0.15) is 0 Å². The lowest BCUT2D eigenvalue weighted by Gasteiger charge is -2.08. The second kappa shape index (κ2) is 5.27. The Morgan fingerprint density at radius 2 is 2.00 bits per heavy atom. The minimum atomic E-state index is -1.48. The molecule has 0 aliphatic heterocycles. The third-order valence-corrected chi connectivity index (χ3v) is 2.04. The molecule has 5 heteroatoms. The maximum Gasteiger partial charge on any atom is 0.377 e. The van der Waals surface area contributed by atoms with E-state index in [-0.39, 0.29) is 5.56 Å². The van der Waals surface area contributed by atoms with Gasteiger partial charge in [0.2, 0.25) is 0 Å². The molecule has 0 aliphatic carbocycles. The number of rotatable bonds is 5. The Bertz CT molecular complexity index is 411. The van der Waals surface area contributed by atoms with Crippen LogP contribution in [0.5, 0.6) is 5.75 Å². The predicted octanol–water partition coefficient (Wildman–Crippen LogP) is 1.11. The fourth-order valence-corrected chi connectivity index (χ4v) is 1.28. The fraction of sp³-hybridized carbons (Fsp3) is 0.273. The van der Waals surface area contributed by atoms with Gasteiger partial charge in [0.25, 0.3) is 5.78 Å². The van der Waals surface area contributed by atoms with Crippen LogP contribution < -0.4 is 4.74 Å². The molecule has 0 atom stereocenters. The second-order valence-corrected chi connectivity index (χ2v) is 3.09. The van der Waals surface area contributed by atoms with Crippen LogP contribution >= 0.6 is 0 Å². The molecule has 16 heavy (non-hydrogen) atoms. The first kappa shape index (κ1) is 12.2. The summed E-state index contributed by atoms with van der Waals surface area (Å²) in [5.74, 6) is -2.00. The Kier molecular flexibility index (Phi) is 4.02. The highest BCUT2D eigenvalue weighted by Crippen LogP contribution is 2.21. The lowest BCUT2D eigenvalue weighted by molar-refractivity contribution is -0.131. The van der Waals surface area contributed by atoms with Crippen LogP contribution in [-0.2, 0) is 16.1 Å². The Balaban J connectivity index is 3.08. The van der Waals surface area contributed by atoms with Crippen molar-refractivity contribution in [2.75, 3.05) is 14.2 Å². The molecule has 0 saturated heterocycles. The molecule has 5 nitrogen and oxygen atoms in total. The Morgan fingerprint density at radius 1 is 1.31 bits per heavy atom. The van der Waals surface area contributed by atoms with Gasteiger partial charge < -0.3 is 14.6 Å². The van der Waals surface area contributed by atoms with E-state index >= 15 is 0 Å². The van der Waals surface area contributed by atoms with Crippen molar-refractivity contribution in [3.05, 3.63) is 29.3 Å². The van der Waals surface area contributed by atoms with Gasteiger partial charge in [-0.25, -0.2) is 4.79 Å². The van der Waals surface area contributed by atoms with Crippen LogP contribution in [0.4, 0.5) is 0 Å². The summed E-state index contributed by atoms with van der Waals surface area (Å²) in [4.78, 5) is 21.7. The number of carboxylic acids is 1. The Morgan fingerprint density at radius 3 is 2.50 bits per heavy atom. The third-order valence-electron chi connectivity index (χ3n) is 2.04. The van der Waals surface area contributed by atoms with E-state index in [1.807, 2.05) is 0 Å². The third kappa shape index (κ3) is 2.58. The highest BCUT2D eigenvalue weighted by atomic mass is 16.5. The van der Waals surface area contributed by atoms with Crippen LogP contribution in [0, 0.1) is 0 Å². The molecule has 0 saturated carbocycles. The van der Waals surface area contributed by atoms with Crippen LogP contribution in [0.3, 0.4) is 0 Å². The van der Waals surface area contributed by atoms with Crippen LogP contribution in [0.2, 0.25) is 0 Å². The molecular weight excluding hydrogens is 212 g/mol. The van der Waals surface area contributed by atoms with E-state index < -0.39 is 11.8 Å². The van der Waals surface area contributed by atoms with E-state index in [4.69, 9.17) is 14.6 Å². The topological polar surface area (TPSA) is 72.8 Å².